The number of nitrogens with zero attached hydrogens (tertiary/aromatic N) is 1. The SMILES string of the molecule is C=CCOC(=O)N1[C@@H](C)C[C@@H](C)C[C@H]1C(=O)O. The molecule has 17 heavy (non-hydrogen) atoms. The normalized spacial score (nSPS) is 28.6. The number of carbonyl (C=O) groups excluding carboxylic acids is 1. The van der Waals surface area contributed by atoms with Crippen LogP contribution < -0.4 is 0 Å². The van der Waals surface area contributed by atoms with Crippen LogP contribution in [0.1, 0.15) is 26.7 Å². The second-order valence-corrected chi connectivity index (χ2v) is 4.55. The molecule has 0 spiro atoms. The van der Waals surface area contributed by atoms with Crippen LogP contribution in [0.4, 0.5) is 4.79 Å². The maximum Gasteiger partial charge on any atom is 0.411 e. The van der Waals surface area contributed by atoms with Crippen molar-refractivity contribution in [3.05, 3.63) is 12.7 Å². The van der Waals surface area contributed by atoms with Crippen LogP contribution in [0.15, 0.2) is 12.7 Å². The number of amides is 1. The van der Waals surface area contributed by atoms with Crippen LogP contribution in [0.3, 0.4) is 0 Å². The van der Waals surface area contributed by atoms with Gasteiger partial charge in [0.1, 0.15) is 12.6 Å². The summed E-state index contributed by atoms with van der Waals surface area (Å²) in [4.78, 5) is 24.3. The number of ether oxygens (including phenoxy) is 1. The van der Waals surface area contributed by atoms with Crippen molar-refractivity contribution in [3.63, 3.8) is 0 Å². The molecule has 1 fully saturated rings. The van der Waals surface area contributed by atoms with Gasteiger partial charge in [-0.15, -0.1) is 0 Å². The standard InChI is InChI=1S/C12H19NO4/c1-4-5-17-12(16)13-9(3)6-8(2)7-10(13)11(14)15/h4,8-10H,1,5-7H2,2-3H3,(H,14,15)/t8-,9+,10+/m1/s1. The van der Waals surface area contributed by atoms with Crippen molar-refractivity contribution in [1.82, 2.24) is 4.90 Å². The fourth-order valence-electron chi connectivity index (χ4n) is 2.33. The molecule has 1 N–H and O–H groups in total. The van der Waals surface area contributed by atoms with Gasteiger partial charge in [0, 0.05) is 6.04 Å². The first-order valence-electron chi connectivity index (χ1n) is 5.76. The predicted molar refractivity (Wildman–Crippen MR) is 62.7 cm³/mol. The fourth-order valence-corrected chi connectivity index (χ4v) is 2.33. The topological polar surface area (TPSA) is 66.8 Å². The first-order valence-corrected chi connectivity index (χ1v) is 5.76. The van der Waals surface area contributed by atoms with Crippen LogP contribution in [-0.4, -0.2) is 40.8 Å². The Morgan fingerprint density at radius 1 is 1.47 bits per heavy atom. The Kier molecular flexibility index (Phi) is 4.54. The Hall–Kier alpha value is -1.52. The van der Waals surface area contributed by atoms with E-state index in [1.807, 2.05) is 13.8 Å². The first-order chi connectivity index (χ1) is 7.97. The van der Waals surface area contributed by atoms with Gasteiger partial charge >= 0.3 is 12.1 Å². The van der Waals surface area contributed by atoms with E-state index in [1.165, 1.54) is 11.0 Å². The lowest BCUT2D eigenvalue weighted by atomic mass is 9.88. The zero-order chi connectivity index (χ0) is 13.0. The van der Waals surface area contributed by atoms with Crippen LogP contribution in [0.25, 0.3) is 0 Å². The lowest BCUT2D eigenvalue weighted by Crippen LogP contribution is -2.54. The molecule has 0 aromatic carbocycles. The Morgan fingerprint density at radius 3 is 2.65 bits per heavy atom. The number of aliphatic carboxylic acids is 1. The molecule has 1 saturated heterocycles. The number of likely N-dealkylation sites (tertiary alicyclic amines) is 1. The predicted octanol–water partition coefficient (Wildman–Crippen LogP) is 1.88. The molecular weight excluding hydrogens is 222 g/mol. The zero-order valence-corrected chi connectivity index (χ0v) is 10.3. The van der Waals surface area contributed by atoms with Crippen molar-refractivity contribution in [2.45, 2.75) is 38.8 Å². The van der Waals surface area contributed by atoms with Crippen LogP contribution in [0.5, 0.6) is 0 Å². The quantitative estimate of drug-likeness (QED) is 0.766. The minimum Gasteiger partial charge on any atom is -0.480 e. The molecule has 3 atom stereocenters. The van der Waals surface area contributed by atoms with Crippen molar-refractivity contribution < 1.29 is 19.4 Å². The Balaban J connectivity index is 2.79. The van der Waals surface area contributed by atoms with Crippen molar-refractivity contribution in [3.8, 4) is 0 Å². The summed E-state index contributed by atoms with van der Waals surface area (Å²) in [6.07, 6.45) is 2.16. The summed E-state index contributed by atoms with van der Waals surface area (Å²) < 4.78 is 4.92. The molecule has 1 aliphatic rings. The van der Waals surface area contributed by atoms with Gasteiger partial charge in [-0.25, -0.2) is 9.59 Å². The molecule has 1 rings (SSSR count). The summed E-state index contributed by atoms with van der Waals surface area (Å²) in [5, 5.41) is 9.15. The molecule has 0 aromatic heterocycles. The van der Waals surface area contributed by atoms with Crippen molar-refractivity contribution in [2.75, 3.05) is 6.61 Å². The lowest BCUT2D eigenvalue weighted by Gasteiger charge is -2.40. The van der Waals surface area contributed by atoms with Crippen LogP contribution in [0.2, 0.25) is 0 Å². The van der Waals surface area contributed by atoms with Crippen molar-refractivity contribution in [1.29, 1.82) is 0 Å². The van der Waals surface area contributed by atoms with Crippen LogP contribution in [0, 0.1) is 5.92 Å². The third-order valence-corrected chi connectivity index (χ3v) is 3.00. The molecule has 96 valence electrons. The summed E-state index contributed by atoms with van der Waals surface area (Å²) in [6.45, 7) is 7.40. The second-order valence-electron chi connectivity index (χ2n) is 4.55. The van der Waals surface area contributed by atoms with Crippen molar-refractivity contribution >= 4 is 12.1 Å². The third-order valence-electron chi connectivity index (χ3n) is 3.00. The monoisotopic (exact) mass is 241 g/mol. The molecule has 1 aliphatic heterocycles. The van der Waals surface area contributed by atoms with Gasteiger partial charge in [-0.2, -0.15) is 0 Å². The van der Waals surface area contributed by atoms with Gasteiger partial charge in [0.2, 0.25) is 0 Å². The summed E-state index contributed by atoms with van der Waals surface area (Å²) in [6, 6.07) is -0.900. The van der Waals surface area contributed by atoms with Crippen LogP contribution in [-0.2, 0) is 9.53 Å². The van der Waals surface area contributed by atoms with E-state index in [9.17, 15) is 9.59 Å². The third kappa shape index (κ3) is 3.22. The highest BCUT2D eigenvalue weighted by Gasteiger charge is 2.39. The molecule has 5 nitrogen and oxygen atoms in total. The molecule has 1 heterocycles. The highest BCUT2D eigenvalue weighted by atomic mass is 16.6. The minimum atomic E-state index is -0.973. The number of hydrogen-bond donors (Lipinski definition) is 1. The number of rotatable bonds is 3. The first kappa shape index (κ1) is 13.5. The van der Waals surface area contributed by atoms with E-state index in [0.717, 1.165) is 6.42 Å². The van der Waals surface area contributed by atoms with E-state index < -0.39 is 18.1 Å². The number of hydrogen-bond acceptors (Lipinski definition) is 3. The maximum absolute atomic E-state index is 11.8. The largest absolute Gasteiger partial charge is 0.480 e. The van der Waals surface area contributed by atoms with Gasteiger partial charge in [0.15, 0.2) is 0 Å². The molecule has 1 amide bonds. The van der Waals surface area contributed by atoms with Crippen LogP contribution >= 0.6 is 0 Å². The number of carboxylic acids is 1. The maximum atomic E-state index is 11.8. The average molecular weight is 241 g/mol. The Labute approximate surface area is 101 Å². The van der Waals surface area contributed by atoms with E-state index in [2.05, 4.69) is 6.58 Å². The lowest BCUT2D eigenvalue weighted by molar-refractivity contribution is -0.145. The fraction of sp³-hybridized carbons (Fsp3) is 0.667. The number of carbonyl (C=O) groups is 2. The molecule has 0 aromatic rings. The minimum absolute atomic E-state index is 0.101. The molecule has 0 radical (unpaired) electrons. The van der Waals surface area contributed by atoms with E-state index in [0.29, 0.717) is 12.3 Å². The smallest absolute Gasteiger partial charge is 0.411 e. The zero-order valence-electron chi connectivity index (χ0n) is 10.3. The van der Waals surface area contributed by atoms with Gasteiger partial charge in [-0.1, -0.05) is 19.6 Å². The van der Waals surface area contributed by atoms with E-state index >= 15 is 0 Å². The average Bonchev–Trinajstić information content (AvgIpc) is 2.24. The molecule has 0 unspecified atom stereocenters. The highest BCUT2D eigenvalue weighted by Crippen LogP contribution is 2.28. The number of piperidine rings is 1. The van der Waals surface area contributed by atoms with Gasteiger partial charge in [0.25, 0.3) is 0 Å². The Morgan fingerprint density at radius 2 is 2.12 bits per heavy atom. The molecule has 0 aliphatic carbocycles. The number of carboxylic acid groups (broad SMARTS) is 1. The summed E-state index contributed by atoms with van der Waals surface area (Å²) in [7, 11) is 0. The summed E-state index contributed by atoms with van der Waals surface area (Å²) in [5.74, 6) is -0.673. The van der Waals surface area contributed by atoms with E-state index in [4.69, 9.17) is 9.84 Å². The van der Waals surface area contributed by atoms with Crippen molar-refractivity contribution in [2.24, 2.45) is 5.92 Å². The molecule has 5 heteroatoms. The van der Waals surface area contributed by atoms with Gasteiger partial charge in [-0.05, 0) is 25.7 Å². The Bertz CT molecular complexity index is 316. The van der Waals surface area contributed by atoms with Gasteiger partial charge < -0.3 is 9.84 Å². The summed E-state index contributed by atoms with van der Waals surface area (Å²) in [5.41, 5.74) is 0. The van der Waals surface area contributed by atoms with Gasteiger partial charge in [-0.3, -0.25) is 4.90 Å². The van der Waals surface area contributed by atoms with E-state index in [-0.39, 0.29) is 12.6 Å². The summed E-state index contributed by atoms with van der Waals surface area (Å²) >= 11 is 0. The molecular formula is C12H19NO4. The second kappa shape index (κ2) is 5.70. The van der Waals surface area contributed by atoms with Gasteiger partial charge in [0.05, 0.1) is 0 Å². The molecule has 0 bridgehead atoms. The highest BCUT2D eigenvalue weighted by molar-refractivity contribution is 5.80. The van der Waals surface area contributed by atoms with E-state index in [1.54, 1.807) is 0 Å². The molecule has 0 saturated carbocycles.